The normalized spacial score (nSPS) is 12.9. The molecule has 1 aromatic carbocycles. The Morgan fingerprint density at radius 1 is 1.30 bits per heavy atom. The lowest BCUT2D eigenvalue weighted by atomic mass is 10.4. The van der Waals surface area contributed by atoms with Gasteiger partial charge in [0.15, 0.2) is 0 Å². The van der Waals surface area contributed by atoms with Crippen molar-refractivity contribution in [3.8, 4) is 0 Å². The van der Waals surface area contributed by atoms with Crippen molar-refractivity contribution in [3.05, 3.63) is 30.3 Å². The molecule has 0 aromatic heterocycles. The van der Waals surface area contributed by atoms with E-state index >= 15 is 0 Å². The van der Waals surface area contributed by atoms with Gasteiger partial charge >= 0.3 is 0 Å². The van der Waals surface area contributed by atoms with Crippen LogP contribution in [0.25, 0.3) is 0 Å². The predicted octanol–water partition coefficient (Wildman–Crippen LogP) is 0.600. The van der Waals surface area contributed by atoms with Gasteiger partial charge in [0.25, 0.3) is 0 Å². The lowest BCUT2D eigenvalue weighted by Crippen LogP contribution is -2.02. The van der Waals surface area contributed by atoms with Crippen molar-refractivity contribution in [3.63, 3.8) is 0 Å². The molecule has 0 fully saturated rings. The van der Waals surface area contributed by atoms with Crippen LogP contribution >= 0.6 is 0 Å². The summed E-state index contributed by atoms with van der Waals surface area (Å²) in [5.74, 6) is 4.70. The van der Waals surface area contributed by atoms with Gasteiger partial charge in [0, 0.05) is 0 Å². The zero-order chi connectivity index (χ0) is 7.40. The number of hydrogen-bond acceptors (Lipinski definition) is 3. The van der Waals surface area contributed by atoms with Crippen LogP contribution in [0, 0.1) is 0 Å². The third-order valence-electron chi connectivity index (χ3n) is 1.02. The first-order valence-corrected chi connectivity index (χ1v) is 3.76. The molecule has 0 bridgehead atoms. The first-order valence-electron chi connectivity index (χ1n) is 2.68. The first-order chi connectivity index (χ1) is 4.84. The highest BCUT2D eigenvalue weighted by Crippen LogP contribution is 2.03. The molecule has 1 rings (SSSR count). The van der Waals surface area contributed by atoms with Crippen molar-refractivity contribution in [1.82, 2.24) is 0 Å². The molecule has 0 aliphatic carbocycles. The summed E-state index contributed by atoms with van der Waals surface area (Å²) in [5, 5.41) is 0. The molecule has 2 N–H and O–H groups in total. The lowest BCUT2D eigenvalue weighted by molar-refractivity contribution is 0.367. The standard InChI is InChI=1S/C6H7NO2S/c7-9-10(8)6-4-2-1-3-5-6/h1-5H,7H2. The second-order valence-corrected chi connectivity index (χ2v) is 2.78. The van der Waals surface area contributed by atoms with Crippen molar-refractivity contribution in [2.75, 3.05) is 0 Å². The molecule has 10 heavy (non-hydrogen) atoms. The van der Waals surface area contributed by atoms with Gasteiger partial charge in [-0.25, -0.2) is 4.21 Å². The van der Waals surface area contributed by atoms with Crippen LogP contribution in [0.5, 0.6) is 0 Å². The highest BCUT2D eigenvalue weighted by molar-refractivity contribution is 7.80. The summed E-state index contributed by atoms with van der Waals surface area (Å²) in [7, 11) is 0. The molecule has 0 spiro atoms. The topological polar surface area (TPSA) is 52.3 Å². The van der Waals surface area contributed by atoms with Crippen LogP contribution in [-0.2, 0) is 15.4 Å². The highest BCUT2D eigenvalue weighted by atomic mass is 32.2. The smallest absolute Gasteiger partial charge is 0.206 e. The van der Waals surface area contributed by atoms with Crippen LogP contribution in [0.1, 0.15) is 0 Å². The van der Waals surface area contributed by atoms with Crippen LogP contribution in [0.3, 0.4) is 0 Å². The van der Waals surface area contributed by atoms with Gasteiger partial charge < -0.3 is 0 Å². The van der Waals surface area contributed by atoms with E-state index in [4.69, 9.17) is 5.90 Å². The molecule has 0 radical (unpaired) electrons. The molecule has 54 valence electrons. The third-order valence-corrected chi connectivity index (χ3v) is 1.85. The Morgan fingerprint density at radius 3 is 2.40 bits per heavy atom. The number of hydrogen-bond donors (Lipinski definition) is 1. The molecule has 0 amide bonds. The summed E-state index contributed by atoms with van der Waals surface area (Å²) in [6.45, 7) is 0. The molecule has 0 saturated heterocycles. The van der Waals surface area contributed by atoms with E-state index in [0.717, 1.165) is 0 Å². The maximum absolute atomic E-state index is 10.8. The lowest BCUT2D eigenvalue weighted by Gasteiger charge is -1.94. The number of rotatable bonds is 2. The summed E-state index contributed by atoms with van der Waals surface area (Å²) in [4.78, 5) is 0.574. The van der Waals surface area contributed by atoms with Gasteiger partial charge in [-0.15, -0.1) is 0 Å². The Kier molecular flexibility index (Phi) is 2.56. The maximum atomic E-state index is 10.8. The van der Waals surface area contributed by atoms with Crippen LogP contribution in [-0.4, -0.2) is 4.21 Å². The van der Waals surface area contributed by atoms with Gasteiger partial charge in [0.05, 0.1) is 4.90 Å². The van der Waals surface area contributed by atoms with Crippen LogP contribution in [0.15, 0.2) is 35.2 Å². The average Bonchev–Trinajstić information content (AvgIpc) is 2.05. The quantitative estimate of drug-likeness (QED) is 0.639. The van der Waals surface area contributed by atoms with Gasteiger partial charge in [0.2, 0.25) is 11.1 Å². The van der Waals surface area contributed by atoms with E-state index in [1.165, 1.54) is 0 Å². The minimum Gasteiger partial charge on any atom is -0.223 e. The molecule has 1 atom stereocenters. The van der Waals surface area contributed by atoms with Crippen molar-refractivity contribution in [2.45, 2.75) is 4.90 Å². The molecular weight excluding hydrogens is 150 g/mol. The molecular formula is C6H7NO2S. The summed E-state index contributed by atoms with van der Waals surface area (Å²) in [6.07, 6.45) is 0. The van der Waals surface area contributed by atoms with Crippen LogP contribution in [0.4, 0.5) is 0 Å². The first kappa shape index (κ1) is 7.40. The minimum atomic E-state index is -1.51. The number of nitrogens with two attached hydrogens (primary N) is 1. The van der Waals surface area contributed by atoms with Gasteiger partial charge in [-0.1, -0.05) is 18.2 Å². The zero-order valence-electron chi connectivity index (χ0n) is 5.19. The van der Waals surface area contributed by atoms with Gasteiger partial charge in [0.1, 0.15) is 0 Å². The monoisotopic (exact) mass is 157 g/mol. The van der Waals surface area contributed by atoms with E-state index < -0.39 is 11.1 Å². The van der Waals surface area contributed by atoms with Crippen LogP contribution in [0.2, 0.25) is 0 Å². The summed E-state index contributed by atoms with van der Waals surface area (Å²) in [5.41, 5.74) is 0. The molecule has 1 unspecified atom stereocenters. The second kappa shape index (κ2) is 3.46. The van der Waals surface area contributed by atoms with Crippen molar-refractivity contribution < 1.29 is 8.49 Å². The fraction of sp³-hybridized carbons (Fsp3) is 0. The van der Waals surface area contributed by atoms with E-state index in [1.807, 2.05) is 6.07 Å². The second-order valence-electron chi connectivity index (χ2n) is 1.64. The fourth-order valence-electron chi connectivity index (χ4n) is 0.587. The van der Waals surface area contributed by atoms with E-state index in [-0.39, 0.29) is 0 Å². The van der Waals surface area contributed by atoms with Crippen molar-refractivity contribution in [1.29, 1.82) is 0 Å². The Bertz CT molecular complexity index is 224. The number of benzene rings is 1. The van der Waals surface area contributed by atoms with E-state index in [9.17, 15) is 4.21 Å². The van der Waals surface area contributed by atoms with Crippen molar-refractivity contribution >= 4 is 11.1 Å². The van der Waals surface area contributed by atoms with Crippen LogP contribution < -0.4 is 5.90 Å². The Balaban J connectivity index is 2.85. The average molecular weight is 157 g/mol. The molecule has 0 aliphatic heterocycles. The van der Waals surface area contributed by atoms with Gasteiger partial charge in [-0.3, -0.25) is 0 Å². The van der Waals surface area contributed by atoms with E-state index in [1.54, 1.807) is 24.3 Å². The van der Waals surface area contributed by atoms with Gasteiger partial charge in [-0.2, -0.15) is 10.2 Å². The summed E-state index contributed by atoms with van der Waals surface area (Å²) in [6, 6.07) is 8.74. The molecule has 3 nitrogen and oxygen atoms in total. The fourth-order valence-corrected chi connectivity index (χ4v) is 1.08. The largest absolute Gasteiger partial charge is 0.223 e. The molecule has 0 saturated carbocycles. The molecule has 1 aromatic rings. The maximum Gasteiger partial charge on any atom is 0.206 e. The summed E-state index contributed by atoms with van der Waals surface area (Å²) < 4.78 is 14.9. The zero-order valence-corrected chi connectivity index (χ0v) is 6.01. The Hall–Kier alpha value is -0.710. The predicted molar refractivity (Wildman–Crippen MR) is 38.1 cm³/mol. The Labute approximate surface area is 61.4 Å². The molecule has 4 heteroatoms. The Morgan fingerprint density at radius 2 is 1.90 bits per heavy atom. The SMILES string of the molecule is NOS(=O)c1ccccc1. The minimum absolute atomic E-state index is 0.574. The molecule has 0 aliphatic rings. The van der Waals surface area contributed by atoms with E-state index in [0.29, 0.717) is 4.90 Å². The van der Waals surface area contributed by atoms with Gasteiger partial charge in [-0.05, 0) is 12.1 Å². The highest BCUT2D eigenvalue weighted by Gasteiger charge is 1.98. The van der Waals surface area contributed by atoms with Crippen molar-refractivity contribution in [2.24, 2.45) is 5.90 Å². The summed E-state index contributed by atoms with van der Waals surface area (Å²) >= 11 is -1.51. The third kappa shape index (κ3) is 1.63. The van der Waals surface area contributed by atoms with E-state index in [2.05, 4.69) is 4.28 Å². The molecule has 0 heterocycles.